The summed E-state index contributed by atoms with van der Waals surface area (Å²) in [6.45, 7) is 0.603. The first kappa shape index (κ1) is 17.1. The van der Waals surface area contributed by atoms with E-state index in [1.807, 2.05) is 42.5 Å². The lowest BCUT2D eigenvalue weighted by Gasteiger charge is -2.08. The molecular weight excluding hydrogens is 340 g/mol. The largest absolute Gasteiger partial charge is 0.378 e. The Morgan fingerprint density at radius 3 is 2.56 bits per heavy atom. The van der Waals surface area contributed by atoms with E-state index in [0.29, 0.717) is 17.3 Å². The lowest BCUT2D eigenvalue weighted by atomic mass is 10.2. The van der Waals surface area contributed by atoms with Gasteiger partial charge in [0, 0.05) is 18.7 Å². The van der Waals surface area contributed by atoms with E-state index in [-0.39, 0.29) is 18.2 Å². The van der Waals surface area contributed by atoms with Crippen molar-refractivity contribution in [3.8, 4) is 5.69 Å². The number of ether oxygens (including phenoxy) is 1. The van der Waals surface area contributed by atoms with E-state index >= 15 is 0 Å². The number of amides is 1. The van der Waals surface area contributed by atoms with E-state index in [1.165, 1.54) is 0 Å². The smallest absolute Gasteiger partial charge is 0.274 e. The summed E-state index contributed by atoms with van der Waals surface area (Å²) < 4.78 is 6.83. The Bertz CT molecular complexity index is 847. The number of halogens is 1. The van der Waals surface area contributed by atoms with Crippen molar-refractivity contribution in [1.82, 2.24) is 20.3 Å². The van der Waals surface area contributed by atoms with E-state index in [1.54, 1.807) is 23.9 Å². The number of methoxy groups -OCH3 is 1. The highest BCUT2D eigenvalue weighted by Crippen LogP contribution is 2.14. The predicted octanol–water partition coefficient (Wildman–Crippen LogP) is 3.00. The normalized spacial score (nSPS) is 10.6. The molecular formula is C18H17ClN4O2. The Kier molecular flexibility index (Phi) is 5.42. The van der Waals surface area contributed by atoms with E-state index in [2.05, 4.69) is 15.6 Å². The molecule has 0 aliphatic rings. The van der Waals surface area contributed by atoms with Crippen LogP contribution in [-0.4, -0.2) is 28.0 Å². The Labute approximate surface area is 150 Å². The SMILES string of the molecule is COCc1c(C(=O)NCc2ccc(Cl)cc2)nnn1-c1ccccc1. The van der Waals surface area contributed by atoms with Crippen LogP contribution in [0.5, 0.6) is 0 Å². The van der Waals surface area contributed by atoms with E-state index in [9.17, 15) is 4.79 Å². The number of rotatable bonds is 6. The van der Waals surface area contributed by atoms with Gasteiger partial charge in [0.2, 0.25) is 0 Å². The minimum Gasteiger partial charge on any atom is -0.378 e. The molecule has 0 radical (unpaired) electrons. The Morgan fingerprint density at radius 2 is 1.88 bits per heavy atom. The van der Waals surface area contributed by atoms with Crippen LogP contribution < -0.4 is 5.32 Å². The van der Waals surface area contributed by atoms with Gasteiger partial charge < -0.3 is 10.1 Å². The average molecular weight is 357 g/mol. The summed E-state index contributed by atoms with van der Waals surface area (Å²) >= 11 is 5.86. The summed E-state index contributed by atoms with van der Waals surface area (Å²) in [6, 6.07) is 16.8. The number of hydrogen-bond acceptors (Lipinski definition) is 4. The molecule has 1 heterocycles. The number of carbonyl (C=O) groups excluding carboxylic acids is 1. The third-order valence-electron chi connectivity index (χ3n) is 3.63. The van der Waals surface area contributed by atoms with Gasteiger partial charge in [-0.15, -0.1) is 5.10 Å². The molecule has 1 N–H and O–H groups in total. The summed E-state index contributed by atoms with van der Waals surface area (Å²) in [5.74, 6) is -0.302. The summed E-state index contributed by atoms with van der Waals surface area (Å²) in [5.41, 5.74) is 2.61. The molecule has 0 atom stereocenters. The molecule has 0 aliphatic carbocycles. The number of carbonyl (C=O) groups is 1. The zero-order valence-corrected chi connectivity index (χ0v) is 14.4. The molecule has 0 saturated heterocycles. The molecule has 0 unspecified atom stereocenters. The van der Waals surface area contributed by atoms with Gasteiger partial charge in [0.15, 0.2) is 5.69 Å². The van der Waals surface area contributed by atoms with Gasteiger partial charge in [0.1, 0.15) is 5.69 Å². The van der Waals surface area contributed by atoms with Crippen LogP contribution in [0.4, 0.5) is 0 Å². The molecule has 0 bridgehead atoms. The number of para-hydroxylation sites is 1. The number of nitrogens with one attached hydrogen (secondary N) is 1. The maximum atomic E-state index is 12.5. The molecule has 3 rings (SSSR count). The first-order valence-electron chi connectivity index (χ1n) is 7.70. The van der Waals surface area contributed by atoms with Gasteiger partial charge in [-0.3, -0.25) is 4.79 Å². The molecule has 0 fully saturated rings. The average Bonchev–Trinajstić information content (AvgIpc) is 3.06. The molecule has 128 valence electrons. The number of hydrogen-bond donors (Lipinski definition) is 1. The van der Waals surface area contributed by atoms with Gasteiger partial charge in [-0.1, -0.05) is 47.1 Å². The molecule has 3 aromatic rings. The second-order valence-corrected chi connectivity index (χ2v) is 5.81. The van der Waals surface area contributed by atoms with Crippen LogP contribution in [0.1, 0.15) is 21.7 Å². The van der Waals surface area contributed by atoms with Crippen molar-refractivity contribution in [2.45, 2.75) is 13.2 Å². The number of aromatic nitrogens is 3. The lowest BCUT2D eigenvalue weighted by molar-refractivity contribution is 0.0940. The lowest BCUT2D eigenvalue weighted by Crippen LogP contribution is -2.24. The van der Waals surface area contributed by atoms with Crippen LogP contribution in [0.2, 0.25) is 5.02 Å². The molecule has 2 aromatic carbocycles. The number of benzene rings is 2. The standard InChI is InChI=1S/C18H17ClN4O2/c1-25-12-16-17(21-22-23(16)15-5-3-2-4-6-15)18(24)20-11-13-7-9-14(19)10-8-13/h2-10H,11-12H2,1H3,(H,20,24). The van der Waals surface area contributed by atoms with E-state index in [4.69, 9.17) is 16.3 Å². The Morgan fingerprint density at radius 1 is 1.16 bits per heavy atom. The third kappa shape index (κ3) is 4.04. The van der Waals surface area contributed by atoms with Crippen molar-refractivity contribution in [3.63, 3.8) is 0 Å². The van der Waals surface area contributed by atoms with Crippen molar-refractivity contribution in [3.05, 3.63) is 76.6 Å². The summed E-state index contributed by atoms with van der Waals surface area (Å²) in [5, 5.41) is 11.6. The van der Waals surface area contributed by atoms with Gasteiger partial charge in [0.25, 0.3) is 5.91 Å². The molecule has 0 spiro atoms. The monoisotopic (exact) mass is 356 g/mol. The highest BCUT2D eigenvalue weighted by Gasteiger charge is 2.20. The van der Waals surface area contributed by atoms with Crippen molar-refractivity contribution >= 4 is 17.5 Å². The second kappa shape index (κ2) is 7.92. The predicted molar refractivity (Wildman–Crippen MR) is 94.7 cm³/mol. The maximum absolute atomic E-state index is 12.5. The minimum atomic E-state index is -0.302. The highest BCUT2D eigenvalue weighted by molar-refractivity contribution is 6.30. The van der Waals surface area contributed by atoms with Crippen molar-refractivity contribution < 1.29 is 9.53 Å². The number of nitrogens with zero attached hydrogens (tertiary/aromatic N) is 3. The van der Waals surface area contributed by atoms with Crippen molar-refractivity contribution in [1.29, 1.82) is 0 Å². The third-order valence-corrected chi connectivity index (χ3v) is 3.88. The maximum Gasteiger partial charge on any atom is 0.274 e. The quantitative estimate of drug-likeness (QED) is 0.737. The summed E-state index contributed by atoms with van der Waals surface area (Å²) in [7, 11) is 1.57. The van der Waals surface area contributed by atoms with Crippen LogP contribution in [-0.2, 0) is 17.9 Å². The molecule has 0 saturated carbocycles. The van der Waals surface area contributed by atoms with Gasteiger partial charge in [-0.05, 0) is 29.8 Å². The molecule has 25 heavy (non-hydrogen) atoms. The van der Waals surface area contributed by atoms with E-state index < -0.39 is 0 Å². The Hall–Kier alpha value is -2.70. The molecule has 0 aliphatic heterocycles. The fourth-order valence-electron chi connectivity index (χ4n) is 2.39. The van der Waals surface area contributed by atoms with Crippen LogP contribution >= 0.6 is 11.6 Å². The summed E-state index contributed by atoms with van der Waals surface area (Å²) in [4.78, 5) is 12.5. The first-order valence-corrected chi connectivity index (χ1v) is 8.08. The minimum absolute atomic E-state index is 0.228. The van der Waals surface area contributed by atoms with Crippen LogP contribution in [0.25, 0.3) is 5.69 Å². The van der Waals surface area contributed by atoms with E-state index in [0.717, 1.165) is 11.3 Å². The zero-order chi connectivity index (χ0) is 17.6. The molecule has 7 heteroatoms. The zero-order valence-electron chi connectivity index (χ0n) is 13.6. The van der Waals surface area contributed by atoms with Gasteiger partial charge in [0.05, 0.1) is 12.3 Å². The molecule has 6 nitrogen and oxygen atoms in total. The fraction of sp³-hybridized carbons (Fsp3) is 0.167. The molecule has 1 aromatic heterocycles. The Balaban J connectivity index is 1.80. The van der Waals surface area contributed by atoms with Gasteiger partial charge >= 0.3 is 0 Å². The van der Waals surface area contributed by atoms with Gasteiger partial charge in [-0.2, -0.15) is 0 Å². The van der Waals surface area contributed by atoms with Crippen LogP contribution in [0.15, 0.2) is 54.6 Å². The van der Waals surface area contributed by atoms with Gasteiger partial charge in [-0.25, -0.2) is 4.68 Å². The first-order chi connectivity index (χ1) is 12.2. The molecule has 1 amide bonds. The van der Waals surface area contributed by atoms with Crippen LogP contribution in [0.3, 0.4) is 0 Å². The summed E-state index contributed by atoms with van der Waals surface area (Å²) in [6.07, 6.45) is 0. The second-order valence-electron chi connectivity index (χ2n) is 5.37. The van der Waals surface area contributed by atoms with Crippen molar-refractivity contribution in [2.75, 3.05) is 7.11 Å². The topological polar surface area (TPSA) is 69.0 Å². The highest BCUT2D eigenvalue weighted by atomic mass is 35.5. The fourth-order valence-corrected chi connectivity index (χ4v) is 2.52. The van der Waals surface area contributed by atoms with Crippen molar-refractivity contribution in [2.24, 2.45) is 0 Å². The van der Waals surface area contributed by atoms with Crippen LogP contribution in [0, 0.1) is 0 Å².